The summed E-state index contributed by atoms with van der Waals surface area (Å²) in [7, 11) is 0. The maximum absolute atomic E-state index is 9.30. The third-order valence-electron chi connectivity index (χ3n) is 3.65. The Balaban J connectivity index is 2.34. The molecule has 2 rings (SSSR count). The van der Waals surface area contributed by atoms with E-state index in [1.807, 2.05) is 13.0 Å². The summed E-state index contributed by atoms with van der Waals surface area (Å²) in [4.78, 5) is 6.71. The number of rotatable bonds is 3. The second-order valence-electron chi connectivity index (χ2n) is 4.86. The minimum absolute atomic E-state index is 0.435. The molecule has 0 spiro atoms. The zero-order chi connectivity index (χ0) is 13.0. The summed E-state index contributed by atoms with van der Waals surface area (Å²) < 4.78 is 0. The number of aromatic nitrogens is 1. The Bertz CT molecular complexity index is 448. The molecule has 0 radical (unpaired) electrons. The Labute approximate surface area is 108 Å². The highest BCUT2D eigenvalue weighted by molar-refractivity contribution is 5.57. The van der Waals surface area contributed by atoms with Crippen molar-refractivity contribution in [2.75, 3.05) is 18.0 Å². The van der Waals surface area contributed by atoms with Crippen molar-refractivity contribution in [2.45, 2.75) is 38.6 Å². The normalized spacial score (nSPS) is 19.6. The van der Waals surface area contributed by atoms with Crippen LogP contribution in [0.25, 0.3) is 0 Å². The highest BCUT2D eigenvalue weighted by atomic mass is 15.2. The van der Waals surface area contributed by atoms with Gasteiger partial charge >= 0.3 is 0 Å². The molecule has 1 atom stereocenters. The first-order chi connectivity index (χ1) is 8.77. The smallest absolute Gasteiger partial charge is 0.146 e. The Kier molecular flexibility index (Phi) is 4.16. The number of anilines is 1. The summed E-state index contributed by atoms with van der Waals surface area (Å²) in [6.45, 7) is 3.64. The lowest BCUT2D eigenvalue weighted by Crippen LogP contribution is -2.41. The third kappa shape index (κ3) is 2.46. The van der Waals surface area contributed by atoms with E-state index < -0.39 is 0 Å². The van der Waals surface area contributed by atoms with Gasteiger partial charge < -0.3 is 10.6 Å². The van der Waals surface area contributed by atoms with Gasteiger partial charge in [0, 0.05) is 18.8 Å². The maximum Gasteiger partial charge on any atom is 0.146 e. The molecule has 2 N–H and O–H groups in total. The molecule has 1 fully saturated rings. The van der Waals surface area contributed by atoms with Crippen LogP contribution in [0.1, 0.15) is 36.8 Å². The predicted octanol–water partition coefficient (Wildman–Crippen LogP) is 1.97. The lowest BCUT2D eigenvalue weighted by Gasteiger charge is -2.37. The van der Waals surface area contributed by atoms with E-state index in [-0.39, 0.29) is 0 Å². The summed E-state index contributed by atoms with van der Waals surface area (Å²) in [6.07, 6.45) is 6.33. The van der Waals surface area contributed by atoms with Crippen molar-refractivity contribution in [3.63, 3.8) is 0 Å². The Morgan fingerprint density at radius 2 is 2.39 bits per heavy atom. The van der Waals surface area contributed by atoms with Crippen LogP contribution in [0.3, 0.4) is 0 Å². The summed E-state index contributed by atoms with van der Waals surface area (Å²) in [5, 5.41) is 9.30. The molecule has 1 aromatic rings. The summed E-state index contributed by atoms with van der Waals surface area (Å²) >= 11 is 0. The molecule has 0 saturated carbocycles. The van der Waals surface area contributed by atoms with Crippen LogP contribution in [0.2, 0.25) is 0 Å². The molecule has 18 heavy (non-hydrogen) atoms. The fourth-order valence-corrected chi connectivity index (χ4v) is 2.67. The van der Waals surface area contributed by atoms with Gasteiger partial charge in [-0.1, -0.05) is 0 Å². The molecule has 4 nitrogen and oxygen atoms in total. The zero-order valence-corrected chi connectivity index (χ0v) is 10.9. The maximum atomic E-state index is 9.30. The van der Waals surface area contributed by atoms with Gasteiger partial charge in [0.1, 0.15) is 11.9 Å². The van der Waals surface area contributed by atoms with Crippen LogP contribution in [0, 0.1) is 18.3 Å². The molecular formula is C14H20N4. The first-order valence-electron chi connectivity index (χ1n) is 6.60. The molecule has 96 valence electrons. The van der Waals surface area contributed by atoms with Gasteiger partial charge in [0.15, 0.2) is 0 Å². The van der Waals surface area contributed by atoms with E-state index in [0.29, 0.717) is 18.2 Å². The summed E-state index contributed by atoms with van der Waals surface area (Å²) in [5.74, 6) is 0.843. The van der Waals surface area contributed by atoms with E-state index in [1.54, 1.807) is 6.20 Å². The molecular weight excluding hydrogens is 224 g/mol. The minimum atomic E-state index is 0.435. The molecule has 0 aromatic carbocycles. The van der Waals surface area contributed by atoms with Crippen LogP contribution >= 0.6 is 0 Å². The van der Waals surface area contributed by atoms with Crippen molar-refractivity contribution in [2.24, 2.45) is 5.73 Å². The highest BCUT2D eigenvalue weighted by Crippen LogP contribution is 2.28. The average Bonchev–Trinajstić information content (AvgIpc) is 2.39. The van der Waals surface area contributed by atoms with Gasteiger partial charge in [0.05, 0.1) is 5.56 Å². The zero-order valence-electron chi connectivity index (χ0n) is 10.9. The molecule has 1 aromatic heterocycles. The lowest BCUT2D eigenvalue weighted by molar-refractivity contribution is 0.438. The molecule has 1 aliphatic rings. The number of hydrogen-bond donors (Lipinski definition) is 1. The van der Waals surface area contributed by atoms with E-state index >= 15 is 0 Å². The molecule has 2 heterocycles. The van der Waals surface area contributed by atoms with E-state index in [4.69, 9.17) is 5.73 Å². The molecule has 1 unspecified atom stereocenters. The van der Waals surface area contributed by atoms with Gasteiger partial charge in [-0.2, -0.15) is 5.26 Å². The van der Waals surface area contributed by atoms with Gasteiger partial charge in [0.25, 0.3) is 0 Å². The van der Waals surface area contributed by atoms with Crippen LogP contribution in [0.5, 0.6) is 0 Å². The van der Waals surface area contributed by atoms with Crippen LogP contribution in [0.15, 0.2) is 12.3 Å². The first-order valence-corrected chi connectivity index (χ1v) is 6.60. The molecule has 1 saturated heterocycles. The van der Waals surface area contributed by atoms with E-state index in [0.717, 1.165) is 30.8 Å². The third-order valence-corrected chi connectivity index (χ3v) is 3.65. The van der Waals surface area contributed by atoms with E-state index in [2.05, 4.69) is 16.0 Å². The van der Waals surface area contributed by atoms with Gasteiger partial charge in [-0.3, -0.25) is 0 Å². The molecule has 4 heteroatoms. The van der Waals surface area contributed by atoms with Crippen molar-refractivity contribution in [3.8, 4) is 6.07 Å². The fraction of sp³-hybridized carbons (Fsp3) is 0.571. The number of nitriles is 1. The lowest BCUT2D eigenvalue weighted by atomic mass is 9.98. The molecule has 0 bridgehead atoms. The monoisotopic (exact) mass is 244 g/mol. The predicted molar refractivity (Wildman–Crippen MR) is 72.3 cm³/mol. The van der Waals surface area contributed by atoms with Gasteiger partial charge in [0.2, 0.25) is 0 Å². The SMILES string of the molecule is Cc1ccnc(N2CCCCC2CCN)c1C#N. The summed E-state index contributed by atoms with van der Waals surface area (Å²) in [6, 6.07) is 4.62. The van der Waals surface area contributed by atoms with Crippen molar-refractivity contribution in [1.82, 2.24) is 4.98 Å². The average molecular weight is 244 g/mol. The first kappa shape index (κ1) is 12.8. The number of piperidine rings is 1. The van der Waals surface area contributed by atoms with Crippen molar-refractivity contribution >= 4 is 5.82 Å². The molecule has 1 aliphatic heterocycles. The van der Waals surface area contributed by atoms with Crippen LogP contribution in [-0.4, -0.2) is 24.1 Å². The number of nitrogens with two attached hydrogens (primary N) is 1. The largest absolute Gasteiger partial charge is 0.352 e. The number of nitrogens with zero attached hydrogens (tertiary/aromatic N) is 3. The fourth-order valence-electron chi connectivity index (χ4n) is 2.67. The number of pyridine rings is 1. The summed E-state index contributed by atoms with van der Waals surface area (Å²) in [5.41, 5.74) is 7.40. The molecule has 0 amide bonds. The second kappa shape index (κ2) is 5.83. The quantitative estimate of drug-likeness (QED) is 0.882. The van der Waals surface area contributed by atoms with Crippen molar-refractivity contribution < 1.29 is 0 Å². The van der Waals surface area contributed by atoms with Gasteiger partial charge in [-0.15, -0.1) is 0 Å². The molecule has 0 aliphatic carbocycles. The van der Waals surface area contributed by atoms with Crippen molar-refractivity contribution in [3.05, 3.63) is 23.4 Å². The Morgan fingerprint density at radius 1 is 1.56 bits per heavy atom. The van der Waals surface area contributed by atoms with E-state index in [9.17, 15) is 5.26 Å². The minimum Gasteiger partial charge on any atom is -0.352 e. The van der Waals surface area contributed by atoms with Crippen LogP contribution in [0.4, 0.5) is 5.82 Å². The van der Waals surface area contributed by atoms with E-state index in [1.165, 1.54) is 12.8 Å². The highest BCUT2D eigenvalue weighted by Gasteiger charge is 2.25. The van der Waals surface area contributed by atoms with Crippen LogP contribution < -0.4 is 10.6 Å². The standard InChI is InChI=1S/C14H20N4/c1-11-6-8-17-14(13(11)10-16)18-9-3-2-4-12(18)5-7-15/h6,8,12H,2-5,7,9,15H2,1H3. The Morgan fingerprint density at radius 3 is 3.11 bits per heavy atom. The van der Waals surface area contributed by atoms with Gasteiger partial charge in [-0.05, 0) is 50.8 Å². The number of aryl methyl sites for hydroxylation is 1. The second-order valence-corrected chi connectivity index (χ2v) is 4.86. The van der Waals surface area contributed by atoms with Crippen molar-refractivity contribution in [1.29, 1.82) is 5.26 Å². The number of hydrogen-bond acceptors (Lipinski definition) is 4. The topological polar surface area (TPSA) is 65.9 Å². The van der Waals surface area contributed by atoms with Crippen LogP contribution in [-0.2, 0) is 0 Å². The van der Waals surface area contributed by atoms with Gasteiger partial charge in [-0.25, -0.2) is 4.98 Å². The Hall–Kier alpha value is -1.60.